The monoisotopic (exact) mass is 386 g/mol. The molecule has 2 bridgehead atoms. The second-order valence-electron chi connectivity index (χ2n) is 7.38. The largest absolute Gasteiger partial charge is 0.342 e. The van der Waals surface area contributed by atoms with Crippen molar-refractivity contribution in [1.29, 1.82) is 0 Å². The third-order valence-electron chi connectivity index (χ3n) is 5.52. The third-order valence-corrected chi connectivity index (χ3v) is 7.25. The Morgan fingerprint density at radius 3 is 2.56 bits per heavy atom. The van der Waals surface area contributed by atoms with E-state index >= 15 is 0 Å². The smallest absolute Gasteiger partial charge is 0.250 e. The van der Waals surface area contributed by atoms with Crippen LogP contribution in [0.15, 0.2) is 58.2 Å². The number of pyridine rings is 1. The minimum absolute atomic E-state index is 0.0101. The fourth-order valence-corrected chi connectivity index (χ4v) is 5.48. The number of benzene rings is 1. The zero-order valence-electron chi connectivity index (χ0n) is 15.0. The molecule has 6 nitrogen and oxygen atoms in total. The topological polar surface area (TPSA) is 76.5 Å². The van der Waals surface area contributed by atoms with Crippen LogP contribution in [0, 0.1) is 5.92 Å². The molecule has 2 aromatic rings. The van der Waals surface area contributed by atoms with E-state index in [1.54, 1.807) is 47.4 Å². The minimum Gasteiger partial charge on any atom is -0.342 e. The van der Waals surface area contributed by atoms with Gasteiger partial charge < -0.3 is 9.47 Å². The quantitative estimate of drug-likeness (QED) is 0.801. The Balaban J connectivity index is 1.45. The summed E-state index contributed by atoms with van der Waals surface area (Å²) >= 11 is 0. The van der Waals surface area contributed by atoms with E-state index in [0.29, 0.717) is 19.6 Å². The number of aromatic nitrogens is 1. The predicted octanol–water partition coefficient (Wildman–Crippen LogP) is 1.66. The van der Waals surface area contributed by atoms with E-state index in [0.717, 1.165) is 12.1 Å². The van der Waals surface area contributed by atoms with Crippen LogP contribution in [0.2, 0.25) is 0 Å². The first-order valence-corrected chi connectivity index (χ1v) is 10.8. The van der Waals surface area contributed by atoms with Crippen LogP contribution in [0.3, 0.4) is 0 Å². The van der Waals surface area contributed by atoms with E-state index in [-0.39, 0.29) is 40.4 Å². The summed E-state index contributed by atoms with van der Waals surface area (Å²) in [6, 6.07) is 13.5. The Kier molecular flexibility index (Phi) is 4.63. The molecule has 27 heavy (non-hydrogen) atoms. The van der Waals surface area contributed by atoms with E-state index < -0.39 is 9.84 Å². The molecule has 142 valence electrons. The molecule has 0 saturated carbocycles. The van der Waals surface area contributed by atoms with Gasteiger partial charge in [-0.3, -0.25) is 9.59 Å². The van der Waals surface area contributed by atoms with Crippen molar-refractivity contribution in [2.45, 2.75) is 30.2 Å². The number of fused-ring (bicyclic) bond motifs is 4. The summed E-state index contributed by atoms with van der Waals surface area (Å²) in [5, 5.41) is 0. The number of piperidine rings is 1. The van der Waals surface area contributed by atoms with Crippen molar-refractivity contribution in [2.24, 2.45) is 5.92 Å². The Bertz CT molecular complexity index is 1010. The average Bonchev–Trinajstić information content (AvgIpc) is 2.67. The number of nitrogens with zero attached hydrogens (tertiary/aromatic N) is 2. The van der Waals surface area contributed by atoms with Gasteiger partial charge in [0.25, 0.3) is 5.56 Å². The Hall–Kier alpha value is -2.41. The summed E-state index contributed by atoms with van der Waals surface area (Å²) in [7, 11) is -3.46. The lowest BCUT2D eigenvalue weighted by molar-refractivity contribution is -0.133. The van der Waals surface area contributed by atoms with Gasteiger partial charge in [-0.25, -0.2) is 8.42 Å². The first kappa shape index (κ1) is 18.0. The van der Waals surface area contributed by atoms with Gasteiger partial charge in [-0.2, -0.15) is 0 Å². The van der Waals surface area contributed by atoms with Gasteiger partial charge in [0, 0.05) is 43.7 Å². The minimum atomic E-state index is -3.46. The first-order valence-electron chi connectivity index (χ1n) is 9.19. The van der Waals surface area contributed by atoms with Crippen LogP contribution in [-0.4, -0.2) is 42.6 Å². The molecular formula is C20H22N2O4S. The van der Waals surface area contributed by atoms with Crippen LogP contribution >= 0.6 is 0 Å². The molecule has 0 N–H and O–H groups in total. The number of hydrogen-bond donors (Lipinski definition) is 0. The molecule has 4 rings (SSSR count). The van der Waals surface area contributed by atoms with Crippen LogP contribution in [0.4, 0.5) is 0 Å². The highest BCUT2D eigenvalue weighted by Gasteiger charge is 2.36. The van der Waals surface area contributed by atoms with Crippen LogP contribution in [-0.2, 0) is 21.2 Å². The van der Waals surface area contributed by atoms with Gasteiger partial charge in [0.1, 0.15) is 0 Å². The van der Waals surface area contributed by atoms with E-state index in [2.05, 4.69) is 0 Å². The van der Waals surface area contributed by atoms with Gasteiger partial charge in [-0.05, 0) is 30.5 Å². The Morgan fingerprint density at radius 2 is 1.78 bits per heavy atom. The van der Waals surface area contributed by atoms with E-state index in [1.165, 1.54) is 0 Å². The fourth-order valence-electron chi connectivity index (χ4n) is 4.23. The van der Waals surface area contributed by atoms with Gasteiger partial charge >= 0.3 is 0 Å². The highest BCUT2D eigenvalue weighted by Crippen LogP contribution is 2.35. The van der Waals surface area contributed by atoms with E-state index in [4.69, 9.17) is 0 Å². The molecule has 3 heterocycles. The highest BCUT2D eigenvalue weighted by atomic mass is 32.2. The molecule has 1 amide bonds. The van der Waals surface area contributed by atoms with Crippen molar-refractivity contribution in [1.82, 2.24) is 9.47 Å². The molecule has 0 unspecified atom stereocenters. The van der Waals surface area contributed by atoms with Gasteiger partial charge in [0.15, 0.2) is 9.84 Å². The summed E-state index contributed by atoms with van der Waals surface area (Å²) in [6.45, 7) is 1.75. The molecule has 0 aliphatic carbocycles. The van der Waals surface area contributed by atoms with Gasteiger partial charge in [-0.1, -0.05) is 24.3 Å². The molecule has 7 heteroatoms. The molecule has 1 fully saturated rings. The van der Waals surface area contributed by atoms with Gasteiger partial charge in [-0.15, -0.1) is 0 Å². The van der Waals surface area contributed by atoms with E-state index in [1.807, 2.05) is 10.6 Å². The van der Waals surface area contributed by atoms with Crippen molar-refractivity contribution >= 4 is 15.7 Å². The zero-order chi connectivity index (χ0) is 19.0. The number of hydrogen-bond acceptors (Lipinski definition) is 4. The van der Waals surface area contributed by atoms with Crippen molar-refractivity contribution in [3.63, 3.8) is 0 Å². The second kappa shape index (κ2) is 6.96. The average molecular weight is 386 g/mol. The highest BCUT2D eigenvalue weighted by molar-refractivity contribution is 7.91. The molecule has 0 spiro atoms. The number of likely N-dealkylation sites (tertiary alicyclic amines) is 1. The standard InChI is InChI=1S/C20H22N2O4S/c23-19(9-10-27(25,26)17-5-2-1-3-6-17)21-12-15-11-16(14-21)18-7-4-8-20(24)22(18)13-15/h1-8,15-16H,9-14H2/t15-,16+/m1/s1. The zero-order valence-corrected chi connectivity index (χ0v) is 15.8. The Labute approximate surface area is 158 Å². The fraction of sp³-hybridized carbons (Fsp3) is 0.400. The van der Waals surface area contributed by atoms with Gasteiger partial charge in [0.2, 0.25) is 5.91 Å². The number of carbonyl (C=O) groups excluding carboxylic acids is 1. The van der Waals surface area contributed by atoms with Gasteiger partial charge in [0.05, 0.1) is 10.6 Å². The maximum atomic E-state index is 12.7. The molecule has 2 atom stereocenters. The number of sulfone groups is 1. The predicted molar refractivity (Wildman–Crippen MR) is 101 cm³/mol. The number of carbonyl (C=O) groups is 1. The van der Waals surface area contributed by atoms with Crippen LogP contribution in [0.1, 0.15) is 24.5 Å². The molecule has 2 aliphatic rings. The molecule has 1 aromatic heterocycles. The number of amides is 1. The van der Waals surface area contributed by atoms with Crippen LogP contribution in [0.25, 0.3) is 0 Å². The number of rotatable bonds is 4. The lowest BCUT2D eigenvalue weighted by Crippen LogP contribution is -2.49. The summed E-state index contributed by atoms with van der Waals surface area (Å²) in [6.07, 6.45) is 0.952. The SMILES string of the molecule is O=C(CCS(=O)(=O)c1ccccc1)N1C[C@H]2C[C@@H](C1)c1cccc(=O)n1C2. The Morgan fingerprint density at radius 1 is 1.00 bits per heavy atom. The molecule has 2 aliphatic heterocycles. The molecule has 0 radical (unpaired) electrons. The summed E-state index contributed by atoms with van der Waals surface area (Å²) < 4.78 is 26.6. The lowest BCUT2D eigenvalue weighted by Gasteiger charge is -2.42. The van der Waals surface area contributed by atoms with Crippen molar-refractivity contribution in [2.75, 3.05) is 18.8 Å². The normalized spacial score (nSPS) is 21.6. The lowest BCUT2D eigenvalue weighted by atomic mass is 9.83. The summed E-state index contributed by atoms with van der Waals surface area (Å²) in [5.41, 5.74) is 0.990. The van der Waals surface area contributed by atoms with Crippen molar-refractivity contribution < 1.29 is 13.2 Å². The molecule has 1 saturated heterocycles. The molecular weight excluding hydrogens is 364 g/mol. The molecule has 1 aromatic carbocycles. The summed E-state index contributed by atoms with van der Waals surface area (Å²) in [4.78, 5) is 26.8. The maximum absolute atomic E-state index is 12.7. The summed E-state index contributed by atoms with van der Waals surface area (Å²) in [5.74, 6) is 0.0700. The van der Waals surface area contributed by atoms with Crippen molar-refractivity contribution in [3.05, 3.63) is 64.6 Å². The van der Waals surface area contributed by atoms with E-state index in [9.17, 15) is 18.0 Å². The first-order chi connectivity index (χ1) is 12.9. The third kappa shape index (κ3) is 3.56. The van der Waals surface area contributed by atoms with Crippen molar-refractivity contribution in [3.8, 4) is 0 Å². The second-order valence-corrected chi connectivity index (χ2v) is 9.49. The maximum Gasteiger partial charge on any atom is 0.250 e. The van der Waals surface area contributed by atoms with Crippen LogP contribution < -0.4 is 5.56 Å². The van der Waals surface area contributed by atoms with Crippen LogP contribution in [0.5, 0.6) is 0 Å².